The van der Waals surface area contributed by atoms with Gasteiger partial charge in [-0.15, -0.1) is 0 Å². The quantitative estimate of drug-likeness (QED) is 0.505. The van der Waals surface area contributed by atoms with Gasteiger partial charge in [0.2, 0.25) is 5.91 Å². The fraction of sp³-hybridized carbons (Fsp3) is 0.542. The number of hydrogen-bond acceptors (Lipinski definition) is 3. The highest BCUT2D eigenvalue weighted by Gasteiger charge is 2.31. The molecular weight excluding hydrogens is 350 g/mol. The first kappa shape index (κ1) is 22.4. The summed E-state index contributed by atoms with van der Waals surface area (Å²) < 4.78 is 11.5. The zero-order chi connectivity index (χ0) is 20.4. The van der Waals surface area contributed by atoms with E-state index in [0.29, 0.717) is 19.8 Å². The number of nitrogens with one attached hydrogen (secondary N) is 1. The van der Waals surface area contributed by atoms with E-state index in [4.69, 9.17) is 9.47 Å². The van der Waals surface area contributed by atoms with Crippen LogP contribution in [0.15, 0.2) is 42.5 Å². The fourth-order valence-electron chi connectivity index (χ4n) is 3.69. The molecule has 154 valence electrons. The lowest BCUT2D eigenvalue weighted by Crippen LogP contribution is -2.40. The monoisotopic (exact) mass is 385 g/mol. The molecule has 2 aromatic rings. The lowest BCUT2D eigenvalue weighted by molar-refractivity contribution is -0.177. The number of fused-ring (bicyclic) bond motifs is 1. The van der Waals surface area contributed by atoms with Crippen molar-refractivity contribution in [2.75, 3.05) is 13.2 Å². The van der Waals surface area contributed by atoms with Crippen LogP contribution in [0.2, 0.25) is 0 Å². The average Bonchev–Trinajstić information content (AvgIpc) is 2.72. The van der Waals surface area contributed by atoms with Crippen LogP contribution in [0.25, 0.3) is 10.8 Å². The second kappa shape index (κ2) is 11.8. The zero-order valence-corrected chi connectivity index (χ0v) is 17.7. The number of ether oxygens (including phenoxy) is 2. The van der Waals surface area contributed by atoms with E-state index in [9.17, 15) is 4.79 Å². The van der Waals surface area contributed by atoms with Crippen molar-refractivity contribution >= 4 is 16.7 Å². The van der Waals surface area contributed by atoms with Gasteiger partial charge in [-0.3, -0.25) is 4.79 Å². The Bertz CT molecular complexity index is 719. The molecule has 28 heavy (non-hydrogen) atoms. The van der Waals surface area contributed by atoms with Crippen LogP contribution in [0.1, 0.15) is 52.5 Å². The summed E-state index contributed by atoms with van der Waals surface area (Å²) in [4.78, 5) is 13.1. The second-order valence-corrected chi connectivity index (χ2v) is 7.24. The standard InChI is InChI=1S/C24H35NO3/c1-5-8-15-21(18(4)24(27-6-2)28-7-3)23(26)25-17-20-14-11-13-19-12-9-10-16-22(19)20/h9-14,16,18,21,24H,5-8,15,17H2,1-4H3,(H,25,26)/t18-,21?/m0/s1. The van der Waals surface area contributed by atoms with Crippen molar-refractivity contribution in [3.8, 4) is 0 Å². The average molecular weight is 386 g/mol. The van der Waals surface area contributed by atoms with Gasteiger partial charge in [0.1, 0.15) is 0 Å². The molecule has 1 amide bonds. The molecule has 1 N–H and O–H groups in total. The molecule has 2 rings (SSSR count). The van der Waals surface area contributed by atoms with Gasteiger partial charge in [0.05, 0.1) is 0 Å². The Hall–Kier alpha value is -1.91. The van der Waals surface area contributed by atoms with Crippen molar-refractivity contribution in [1.82, 2.24) is 5.32 Å². The summed E-state index contributed by atoms with van der Waals surface area (Å²) in [5.74, 6) is -0.0460. The van der Waals surface area contributed by atoms with Crippen molar-refractivity contribution in [2.24, 2.45) is 11.8 Å². The SMILES string of the molecule is CCCCC(C(=O)NCc1cccc2ccccc12)[C@H](C)C(OCC)OCC. The van der Waals surface area contributed by atoms with Crippen molar-refractivity contribution in [3.63, 3.8) is 0 Å². The highest BCUT2D eigenvalue weighted by molar-refractivity contribution is 5.86. The number of amides is 1. The van der Waals surface area contributed by atoms with E-state index in [1.807, 2.05) is 32.0 Å². The Kier molecular flexibility index (Phi) is 9.45. The Morgan fingerprint density at radius 1 is 1.00 bits per heavy atom. The van der Waals surface area contributed by atoms with Crippen LogP contribution >= 0.6 is 0 Å². The van der Waals surface area contributed by atoms with E-state index >= 15 is 0 Å². The Labute approximate surface area is 169 Å². The van der Waals surface area contributed by atoms with E-state index in [2.05, 4.69) is 43.4 Å². The predicted octanol–water partition coefficient (Wildman–Crippen LogP) is 5.30. The largest absolute Gasteiger partial charge is 0.353 e. The topological polar surface area (TPSA) is 47.6 Å². The minimum atomic E-state index is -0.347. The third-order valence-electron chi connectivity index (χ3n) is 5.26. The third kappa shape index (κ3) is 6.05. The number of rotatable bonds is 12. The molecule has 0 radical (unpaired) electrons. The fourth-order valence-corrected chi connectivity index (χ4v) is 3.69. The molecule has 0 spiro atoms. The molecule has 0 bridgehead atoms. The maximum atomic E-state index is 13.1. The van der Waals surface area contributed by atoms with Crippen LogP contribution in [0.5, 0.6) is 0 Å². The van der Waals surface area contributed by atoms with Gasteiger partial charge < -0.3 is 14.8 Å². The smallest absolute Gasteiger partial charge is 0.223 e. The Morgan fingerprint density at radius 3 is 2.36 bits per heavy atom. The van der Waals surface area contributed by atoms with E-state index in [1.54, 1.807) is 0 Å². The van der Waals surface area contributed by atoms with Crippen molar-refractivity contribution < 1.29 is 14.3 Å². The number of hydrogen-bond donors (Lipinski definition) is 1. The number of benzene rings is 2. The zero-order valence-electron chi connectivity index (χ0n) is 17.7. The minimum Gasteiger partial charge on any atom is -0.353 e. The normalized spacial score (nSPS) is 13.6. The summed E-state index contributed by atoms with van der Waals surface area (Å²) in [6.45, 7) is 9.82. The van der Waals surface area contributed by atoms with Gasteiger partial charge in [0, 0.05) is 31.6 Å². The van der Waals surface area contributed by atoms with E-state index in [-0.39, 0.29) is 24.0 Å². The Balaban J connectivity index is 2.11. The molecule has 0 aromatic heterocycles. The molecule has 0 heterocycles. The lowest BCUT2D eigenvalue weighted by Gasteiger charge is -2.30. The molecule has 0 aliphatic carbocycles. The maximum Gasteiger partial charge on any atom is 0.223 e. The minimum absolute atomic E-state index is 0.000956. The molecule has 0 aliphatic heterocycles. The van der Waals surface area contributed by atoms with Crippen LogP contribution in [0, 0.1) is 11.8 Å². The summed E-state index contributed by atoms with van der Waals surface area (Å²) in [7, 11) is 0. The lowest BCUT2D eigenvalue weighted by atomic mass is 9.87. The molecule has 2 aromatic carbocycles. The summed E-state index contributed by atoms with van der Waals surface area (Å²) in [6.07, 6.45) is 2.57. The molecule has 2 atom stereocenters. The van der Waals surface area contributed by atoms with Gasteiger partial charge in [-0.2, -0.15) is 0 Å². The summed E-state index contributed by atoms with van der Waals surface area (Å²) in [5, 5.41) is 5.55. The summed E-state index contributed by atoms with van der Waals surface area (Å²) in [6, 6.07) is 14.5. The van der Waals surface area contributed by atoms with Crippen molar-refractivity contribution in [3.05, 3.63) is 48.0 Å². The highest BCUT2D eigenvalue weighted by atomic mass is 16.7. The van der Waals surface area contributed by atoms with Gasteiger partial charge >= 0.3 is 0 Å². The van der Waals surface area contributed by atoms with Gasteiger partial charge in [-0.1, -0.05) is 69.2 Å². The molecule has 0 saturated carbocycles. The van der Waals surface area contributed by atoms with Crippen LogP contribution in [0.3, 0.4) is 0 Å². The summed E-state index contributed by atoms with van der Waals surface area (Å²) >= 11 is 0. The molecule has 0 fully saturated rings. The van der Waals surface area contributed by atoms with Crippen LogP contribution in [0.4, 0.5) is 0 Å². The van der Waals surface area contributed by atoms with Crippen molar-refractivity contribution in [1.29, 1.82) is 0 Å². The van der Waals surface area contributed by atoms with Crippen molar-refractivity contribution in [2.45, 2.75) is 59.8 Å². The second-order valence-electron chi connectivity index (χ2n) is 7.24. The van der Waals surface area contributed by atoms with E-state index < -0.39 is 0 Å². The third-order valence-corrected chi connectivity index (χ3v) is 5.26. The van der Waals surface area contributed by atoms with E-state index in [0.717, 1.165) is 24.8 Å². The number of carbonyl (C=O) groups is 1. The van der Waals surface area contributed by atoms with Gasteiger partial charge in [-0.25, -0.2) is 0 Å². The molecule has 1 unspecified atom stereocenters. The predicted molar refractivity (Wildman–Crippen MR) is 115 cm³/mol. The van der Waals surface area contributed by atoms with Gasteiger partial charge in [0.15, 0.2) is 6.29 Å². The van der Waals surface area contributed by atoms with Crippen LogP contribution in [-0.2, 0) is 20.8 Å². The number of carbonyl (C=O) groups excluding carboxylic acids is 1. The molecule has 0 saturated heterocycles. The molecular formula is C24H35NO3. The van der Waals surface area contributed by atoms with Crippen LogP contribution in [-0.4, -0.2) is 25.4 Å². The van der Waals surface area contributed by atoms with Gasteiger partial charge in [0.25, 0.3) is 0 Å². The van der Waals surface area contributed by atoms with Gasteiger partial charge in [-0.05, 0) is 36.6 Å². The van der Waals surface area contributed by atoms with E-state index in [1.165, 1.54) is 10.8 Å². The summed E-state index contributed by atoms with van der Waals surface area (Å²) in [5.41, 5.74) is 1.14. The van der Waals surface area contributed by atoms with Crippen LogP contribution < -0.4 is 5.32 Å². The molecule has 4 nitrogen and oxygen atoms in total. The first-order valence-corrected chi connectivity index (χ1v) is 10.6. The molecule has 4 heteroatoms. The first-order chi connectivity index (χ1) is 13.6. The Morgan fingerprint density at radius 2 is 1.68 bits per heavy atom. The highest BCUT2D eigenvalue weighted by Crippen LogP contribution is 2.25. The maximum absolute atomic E-state index is 13.1. The molecule has 0 aliphatic rings. The first-order valence-electron chi connectivity index (χ1n) is 10.6. The number of unbranched alkanes of at least 4 members (excludes halogenated alkanes) is 1.